The molecule has 4 heteroatoms. The van der Waals surface area contributed by atoms with Crippen molar-refractivity contribution in [2.75, 3.05) is 6.54 Å². The van der Waals surface area contributed by atoms with Crippen LogP contribution >= 0.6 is 23.2 Å². The van der Waals surface area contributed by atoms with Crippen LogP contribution in [0.25, 0.3) is 0 Å². The number of hydrogen-bond acceptors (Lipinski definition) is 2. The van der Waals surface area contributed by atoms with Crippen molar-refractivity contribution in [2.45, 2.75) is 45.2 Å². The highest BCUT2D eigenvalue weighted by Crippen LogP contribution is 2.25. The van der Waals surface area contributed by atoms with Crippen LogP contribution in [0.3, 0.4) is 0 Å². The second kappa shape index (κ2) is 6.25. The number of hydrogen-bond donors (Lipinski definition) is 0. The summed E-state index contributed by atoms with van der Waals surface area (Å²) in [5, 5.41) is 0.996. The van der Waals surface area contributed by atoms with Gasteiger partial charge in [0.1, 0.15) is 0 Å². The van der Waals surface area contributed by atoms with Gasteiger partial charge >= 0.3 is 0 Å². The molecule has 1 aromatic rings. The van der Waals surface area contributed by atoms with Gasteiger partial charge in [0, 0.05) is 22.7 Å². The maximum Gasteiger partial charge on any atom is 0.178 e. The van der Waals surface area contributed by atoms with Crippen molar-refractivity contribution >= 4 is 29.0 Å². The molecule has 2 atom stereocenters. The number of likely N-dealkylation sites (tertiary alicyclic amines) is 1. The Morgan fingerprint density at radius 1 is 1.26 bits per heavy atom. The molecule has 0 radical (unpaired) electrons. The third-order valence-electron chi connectivity index (χ3n) is 3.93. The molecular weight excluding hydrogens is 281 g/mol. The van der Waals surface area contributed by atoms with E-state index in [1.54, 1.807) is 18.2 Å². The molecule has 0 N–H and O–H groups in total. The van der Waals surface area contributed by atoms with E-state index < -0.39 is 0 Å². The molecule has 2 rings (SSSR count). The third-order valence-corrected chi connectivity index (χ3v) is 4.48. The number of Topliss-reactive ketones (excluding diaryl/α,β-unsaturated/α-hetero) is 1. The number of rotatable bonds is 3. The first-order valence-electron chi connectivity index (χ1n) is 6.73. The van der Waals surface area contributed by atoms with Crippen molar-refractivity contribution in [3.8, 4) is 0 Å². The van der Waals surface area contributed by atoms with E-state index in [4.69, 9.17) is 23.2 Å². The summed E-state index contributed by atoms with van der Waals surface area (Å²) in [6, 6.07) is 5.97. The standard InChI is InChI=1S/C15H19Cl2NO/c1-10-4-3-5-11(2)18(10)9-15(19)13-7-6-12(16)8-14(13)17/h6-8,10-11H,3-5,9H2,1-2H3. The van der Waals surface area contributed by atoms with Gasteiger partial charge in [0.25, 0.3) is 0 Å². The predicted octanol–water partition coefficient (Wildman–Crippen LogP) is 4.44. The molecule has 104 valence electrons. The SMILES string of the molecule is CC1CCCC(C)N1CC(=O)c1ccc(Cl)cc1Cl. The van der Waals surface area contributed by atoms with Crippen LogP contribution in [0.15, 0.2) is 18.2 Å². The van der Waals surface area contributed by atoms with Crippen LogP contribution in [-0.4, -0.2) is 29.3 Å². The zero-order valence-corrected chi connectivity index (χ0v) is 12.8. The third kappa shape index (κ3) is 3.50. The van der Waals surface area contributed by atoms with E-state index in [-0.39, 0.29) is 5.78 Å². The molecule has 1 aliphatic heterocycles. The first kappa shape index (κ1) is 14.8. The summed E-state index contributed by atoms with van der Waals surface area (Å²) in [4.78, 5) is 14.6. The Balaban J connectivity index is 2.11. The maximum atomic E-state index is 12.4. The lowest BCUT2D eigenvalue weighted by atomic mass is 9.96. The summed E-state index contributed by atoms with van der Waals surface area (Å²) in [5.41, 5.74) is 0.566. The fourth-order valence-corrected chi connectivity index (χ4v) is 3.27. The largest absolute Gasteiger partial charge is 0.293 e. The Labute approximate surface area is 124 Å². The van der Waals surface area contributed by atoms with Gasteiger partial charge in [0.05, 0.1) is 11.6 Å². The second-order valence-electron chi connectivity index (χ2n) is 5.35. The van der Waals surface area contributed by atoms with Crippen LogP contribution in [-0.2, 0) is 0 Å². The Morgan fingerprint density at radius 3 is 2.47 bits per heavy atom. The van der Waals surface area contributed by atoms with Gasteiger partial charge in [-0.1, -0.05) is 29.6 Å². The van der Waals surface area contributed by atoms with Crippen LogP contribution in [0.5, 0.6) is 0 Å². The average Bonchev–Trinajstić information content (AvgIpc) is 2.33. The van der Waals surface area contributed by atoms with Gasteiger partial charge in [-0.15, -0.1) is 0 Å². The number of carbonyl (C=O) groups is 1. The first-order valence-corrected chi connectivity index (χ1v) is 7.48. The zero-order chi connectivity index (χ0) is 14.0. The Hall–Kier alpha value is -0.570. The molecule has 0 saturated carbocycles. The highest BCUT2D eigenvalue weighted by Gasteiger charge is 2.27. The van der Waals surface area contributed by atoms with E-state index in [1.165, 1.54) is 6.42 Å². The van der Waals surface area contributed by atoms with Gasteiger partial charge in [-0.05, 0) is 44.9 Å². The molecule has 0 aromatic heterocycles. The van der Waals surface area contributed by atoms with Crippen molar-refractivity contribution in [3.05, 3.63) is 33.8 Å². The summed E-state index contributed by atoms with van der Waals surface area (Å²) in [5.74, 6) is 0.0715. The highest BCUT2D eigenvalue weighted by molar-refractivity contribution is 6.36. The molecule has 19 heavy (non-hydrogen) atoms. The predicted molar refractivity (Wildman–Crippen MR) is 80.3 cm³/mol. The second-order valence-corrected chi connectivity index (χ2v) is 6.19. The summed E-state index contributed by atoms with van der Waals surface area (Å²) >= 11 is 11.9. The average molecular weight is 300 g/mol. The molecule has 1 fully saturated rings. The van der Waals surface area contributed by atoms with Crippen LogP contribution in [0.1, 0.15) is 43.5 Å². The van der Waals surface area contributed by atoms with Crippen LogP contribution in [0.4, 0.5) is 0 Å². The lowest BCUT2D eigenvalue weighted by Crippen LogP contribution is -2.46. The molecule has 0 spiro atoms. The smallest absolute Gasteiger partial charge is 0.178 e. The van der Waals surface area contributed by atoms with E-state index in [2.05, 4.69) is 18.7 Å². The van der Waals surface area contributed by atoms with Crippen molar-refractivity contribution < 1.29 is 4.79 Å². The van der Waals surface area contributed by atoms with Crippen molar-refractivity contribution in [1.29, 1.82) is 0 Å². The Kier molecular flexibility index (Phi) is 4.88. The summed E-state index contributed by atoms with van der Waals surface area (Å²) < 4.78 is 0. The number of halogens is 2. The van der Waals surface area contributed by atoms with Gasteiger partial charge < -0.3 is 0 Å². The summed E-state index contributed by atoms with van der Waals surface area (Å²) in [6.45, 7) is 4.81. The highest BCUT2D eigenvalue weighted by atomic mass is 35.5. The van der Waals surface area contributed by atoms with E-state index in [1.807, 2.05) is 0 Å². The number of ketones is 1. The molecule has 2 nitrogen and oxygen atoms in total. The number of piperidine rings is 1. The van der Waals surface area contributed by atoms with Gasteiger partial charge in [-0.2, -0.15) is 0 Å². The van der Waals surface area contributed by atoms with Gasteiger partial charge in [0.15, 0.2) is 5.78 Å². The minimum atomic E-state index is 0.0715. The van der Waals surface area contributed by atoms with E-state index in [0.717, 1.165) is 12.8 Å². The number of carbonyl (C=O) groups excluding carboxylic acids is 1. The topological polar surface area (TPSA) is 20.3 Å². The van der Waals surface area contributed by atoms with E-state index >= 15 is 0 Å². The number of nitrogens with zero attached hydrogens (tertiary/aromatic N) is 1. The minimum absolute atomic E-state index is 0.0715. The normalized spacial score (nSPS) is 24.4. The van der Waals surface area contributed by atoms with Crippen molar-refractivity contribution in [1.82, 2.24) is 4.90 Å². The summed E-state index contributed by atoms with van der Waals surface area (Å²) in [7, 11) is 0. The molecule has 0 amide bonds. The molecule has 1 aromatic carbocycles. The fraction of sp³-hybridized carbons (Fsp3) is 0.533. The van der Waals surface area contributed by atoms with Crippen LogP contribution < -0.4 is 0 Å². The monoisotopic (exact) mass is 299 g/mol. The lowest BCUT2D eigenvalue weighted by molar-refractivity contribution is 0.0734. The summed E-state index contributed by atoms with van der Waals surface area (Å²) in [6.07, 6.45) is 3.56. The fourth-order valence-electron chi connectivity index (χ4n) is 2.75. The maximum absolute atomic E-state index is 12.4. The molecule has 0 aliphatic carbocycles. The quantitative estimate of drug-likeness (QED) is 0.769. The molecule has 0 bridgehead atoms. The molecule has 1 heterocycles. The zero-order valence-electron chi connectivity index (χ0n) is 11.3. The Morgan fingerprint density at radius 2 is 1.89 bits per heavy atom. The minimum Gasteiger partial charge on any atom is -0.293 e. The molecule has 2 unspecified atom stereocenters. The van der Waals surface area contributed by atoms with E-state index in [0.29, 0.717) is 34.2 Å². The Bertz CT molecular complexity index is 465. The first-order chi connectivity index (χ1) is 8.99. The van der Waals surface area contributed by atoms with E-state index in [9.17, 15) is 4.79 Å². The number of benzene rings is 1. The van der Waals surface area contributed by atoms with Crippen molar-refractivity contribution in [2.24, 2.45) is 0 Å². The molecule has 1 saturated heterocycles. The van der Waals surface area contributed by atoms with Crippen LogP contribution in [0.2, 0.25) is 10.0 Å². The lowest BCUT2D eigenvalue weighted by Gasteiger charge is -2.38. The van der Waals surface area contributed by atoms with Gasteiger partial charge in [-0.3, -0.25) is 9.69 Å². The molecule has 1 aliphatic rings. The van der Waals surface area contributed by atoms with Crippen LogP contribution in [0, 0.1) is 0 Å². The van der Waals surface area contributed by atoms with Gasteiger partial charge in [0.2, 0.25) is 0 Å². The van der Waals surface area contributed by atoms with Gasteiger partial charge in [-0.25, -0.2) is 0 Å². The molecular formula is C15H19Cl2NO. The van der Waals surface area contributed by atoms with Crippen molar-refractivity contribution in [3.63, 3.8) is 0 Å².